The molecule has 0 aromatic carbocycles. The molecule has 24 heavy (non-hydrogen) atoms. The molecule has 0 aromatic heterocycles. The number of methoxy groups -OCH3 is 2. The van der Waals surface area contributed by atoms with Crippen LogP contribution in [-0.4, -0.2) is 50.4 Å². The van der Waals surface area contributed by atoms with Gasteiger partial charge in [0.1, 0.15) is 17.4 Å². The first-order valence-electron chi connectivity index (χ1n) is 8.17. The lowest BCUT2D eigenvalue weighted by Crippen LogP contribution is -2.44. The molecule has 0 amide bonds. The Balaban J connectivity index is 2.04. The van der Waals surface area contributed by atoms with Gasteiger partial charge in [-0.1, -0.05) is 12.2 Å². The van der Waals surface area contributed by atoms with Crippen LogP contribution in [0, 0.1) is 11.8 Å². The van der Waals surface area contributed by atoms with Gasteiger partial charge >= 0.3 is 17.9 Å². The molecule has 0 aromatic rings. The molecule has 2 heterocycles. The highest BCUT2D eigenvalue weighted by molar-refractivity contribution is 5.85. The van der Waals surface area contributed by atoms with Crippen LogP contribution in [0.3, 0.4) is 0 Å². The molecule has 2 aliphatic heterocycles. The second kappa shape index (κ2) is 7.79. The lowest BCUT2D eigenvalue weighted by Gasteiger charge is -2.30. The minimum Gasteiger partial charge on any atom is -0.469 e. The lowest BCUT2D eigenvalue weighted by atomic mass is 9.73. The predicted molar refractivity (Wildman–Crippen MR) is 82.9 cm³/mol. The molecule has 0 aliphatic carbocycles. The summed E-state index contributed by atoms with van der Waals surface area (Å²) in [5.74, 6) is -2.63. The van der Waals surface area contributed by atoms with Gasteiger partial charge in [-0.3, -0.25) is 14.4 Å². The van der Waals surface area contributed by atoms with Gasteiger partial charge in [-0.15, -0.1) is 0 Å². The average Bonchev–Trinajstić information content (AvgIpc) is 3.14. The summed E-state index contributed by atoms with van der Waals surface area (Å²) in [6, 6.07) is 0. The molecular formula is C17H24O7. The van der Waals surface area contributed by atoms with Crippen molar-refractivity contribution in [2.75, 3.05) is 20.8 Å². The Morgan fingerprint density at radius 1 is 1.12 bits per heavy atom. The van der Waals surface area contributed by atoms with E-state index < -0.39 is 35.5 Å². The fourth-order valence-corrected chi connectivity index (χ4v) is 3.53. The van der Waals surface area contributed by atoms with E-state index in [1.807, 2.05) is 6.08 Å². The zero-order valence-corrected chi connectivity index (χ0v) is 14.3. The van der Waals surface area contributed by atoms with E-state index in [4.69, 9.17) is 18.9 Å². The smallest absolute Gasteiger partial charge is 0.312 e. The Labute approximate surface area is 141 Å². The minimum absolute atomic E-state index is 0.237. The Morgan fingerprint density at radius 3 is 2.46 bits per heavy atom. The zero-order valence-electron chi connectivity index (χ0n) is 14.3. The molecule has 2 bridgehead atoms. The van der Waals surface area contributed by atoms with E-state index in [9.17, 15) is 14.4 Å². The van der Waals surface area contributed by atoms with Crippen LogP contribution in [0.2, 0.25) is 0 Å². The number of carbonyl (C=O) groups excluding carboxylic acids is 3. The maximum absolute atomic E-state index is 12.2. The van der Waals surface area contributed by atoms with Gasteiger partial charge in [0.2, 0.25) is 0 Å². The van der Waals surface area contributed by atoms with Gasteiger partial charge in [-0.05, 0) is 26.2 Å². The van der Waals surface area contributed by atoms with Crippen molar-refractivity contribution in [2.24, 2.45) is 11.8 Å². The highest BCUT2D eigenvalue weighted by atomic mass is 16.6. The molecule has 2 rings (SSSR count). The van der Waals surface area contributed by atoms with Gasteiger partial charge in [0.25, 0.3) is 0 Å². The van der Waals surface area contributed by atoms with Gasteiger partial charge in [-0.25, -0.2) is 0 Å². The molecule has 0 radical (unpaired) electrons. The van der Waals surface area contributed by atoms with Crippen molar-refractivity contribution in [3.8, 4) is 0 Å². The summed E-state index contributed by atoms with van der Waals surface area (Å²) in [6.07, 6.45) is 5.28. The lowest BCUT2D eigenvalue weighted by molar-refractivity contribution is -0.158. The van der Waals surface area contributed by atoms with E-state index in [0.717, 1.165) is 0 Å². The number of esters is 3. The summed E-state index contributed by atoms with van der Waals surface area (Å²) >= 11 is 0. The SMILES string of the molecule is CCOC(=O)CCCC[C@@]12C=C[C@@H](O1)[C@H](C(=O)OC)[C@@H]2C(=O)OC. The molecule has 7 nitrogen and oxygen atoms in total. The number of rotatable bonds is 8. The molecule has 4 atom stereocenters. The normalized spacial score (nSPS) is 30.2. The zero-order chi connectivity index (χ0) is 17.7. The maximum Gasteiger partial charge on any atom is 0.312 e. The summed E-state index contributed by atoms with van der Waals surface area (Å²) in [4.78, 5) is 35.7. The van der Waals surface area contributed by atoms with Crippen LogP contribution >= 0.6 is 0 Å². The molecule has 1 saturated heterocycles. The second-order valence-corrected chi connectivity index (χ2v) is 5.96. The fraction of sp³-hybridized carbons (Fsp3) is 0.706. The van der Waals surface area contributed by atoms with Crippen molar-refractivity contribution >= 4 is 17.9 Å². The van der Waals surface area contributed by atoms with Crippen LogP contribution in [0.4, 0.5) is 0 Å². The third-order valence-electron chi connectivity index (χ3n) is 4.60. The van der Waals surface area contributed by atoms with Crippen molar-refractivity contribution in [3.05, 3.63) is 12.2 Å². The summed E-state index contributed by atoms with van der Waals surface area (Å²) < 4.78 is 20.5. The number of unbranched alkanes of at least 4 members (excludes halogenated alkanes) is 1. The first kappa shape index (κ1) is 18.4. The number of ether oxygens (including phenoxy) is 4. The van der Waals surface area contributed by atoms with Crippen molar-refractivity contribution in [1.29, 1.82) is 0 Å². The second-order valence-electron chi connectivity index (χ2n) is 5.96. The van der Waals surface area contributed by atoms with Crippen molar-refractivity contribution in [2.45, 2.75) is 44.3 Å². The topological polar surface area (TPSA) is 88.1 Å². The van der Waals surface area contributed by atoms with E-state index >= 15 is 0 Å². The van der Waals surface area contributed by atoms with Crippen LogP contribution < -0.4 is 0 Å². The van der Waals surface area contributed by atoms with Crippen LogP contribution in [-0.2, 0) is 33.3 Å². The molecule has 0 saturated carbocycles. The third-order valence-corrected chi connectivity index (χ3v) is 4.60. The van der Waals surface area contributed by atoms with Crippen LogP contribution in [0.1, 0.15) is 32.6 Å². The molecule has 7 heteroatoms. The monoisotopic (exact) mass is 340 g/mol. The summed E-state index contributed by atoms with van der Waals surface area (Å²) in [5.41, 5.74) is -0.870. The van der Waals surface area contributed by atoms with Gasteiger partial charge < -0.3 is 18.9 Å². The standard InChI is InChI=1S/C17H24O7/c1-4-23-12(18)7-5-6-9-17-10-8-11(24-17)13(15(19)21-2)14(17)16(20)22-3/h8,10-11,13-14H,4-7,9H2,1-3H3/t11-,13+,14-,17+/m1/s1. The Kier molecular flexibility index (Phi) is 5.99. The molecule has 0 spiro atoms. The van der Waals surface area contributed by atoms with E-state index in [0.29, 0.717) is 32.3 Å². The van der Waals surface area contributed by atoms with Crippen LogP contribution in [0.15, 0.2) is 12.2 Å². The molecular weight excluding hydrogens is 316 g/mol. The number of fused-ring (bicyclic) bond motifs is 2. The van der Waals surface area contributed by atoms with Crippen LogP contribution in [0.5, 0.6) is 0 Å². The van der Waals surface area contributed by atoms with Crippen molar-refractivity contribution < 1.29 is 33.3 Å². The Morgan fingerprint density at radius 2 is 1.83 bits per heavy atom. The van der Waals surface area contributed by atoms with E-state index in [1.54, 1.807) is 13.0 Å². The predicted octanol–water partition coefficient (Wildman–Crippen LogP) is 1.40. The van der Waals surface area contributed by atoms with E-state index in [2.05, 4.69) is 0 Å². The van der Waals surface area contributed by atoms with Crippen molar-refractivity contribution in [1.82, 2.24) is 0 Å². The first-order chi connectivity index (χ1) is 11.5. The maximum atomic E-state index is 12.2. The number of hydrogen-bond acceptors (Lipinski definition) is 7. The molecule has 134 valence electrons. The minimum atomic E-state index is -0.870. The van der Waals surface area contributed by atoms with Gasteiger partial charge in [-0.2, -0.15) is 0 Å². The average molecular weight is 340 g/mol. The Hall–Kier alpha value is -1.89. The molecule has 0 N–H and O–H groups in total. The number of hydrogen-bond donors (Lipinski definition) is 0. The Bertz CT molecular complexity index is 527. The van der Waals surface area contributed by atoms with Crippen LogP contribution in [0.25, 0.3) is 0 Å². The number of carbonyl (C=O) groups is 3. The summed E-state index contributed by atoms with van der Waals surface area (Å²) in [7, 11) is 2.58. The summed E-state index contributed by atoms with van der Waals surface area (Å²) in [6.45, 7) is 2.13. The highest BCUT2D eigenvalue weighted by Crippen LogP contribution is 2.50. The van der Waals surface area contributed by atoms with Gasteiger partial charge in [0, 0.05) is 6.42 Å². The quantitative estimate of drug-likeness (QED) is 0.285. The molecule has 0 unspecified atom stereocenters. The highest BCUT2D eigenvalue weighted by Gasteiger charge is 2.62. The van der Waals surface area contributed by atoms with E-state index in [-0.39, 0.29) is 5.97 Å². The largest absolute Gasteiger partial charge is 0.469 e. The van der Waals surface area contributed by atoms with E-state index in [1.165, 1.54) is 14.2 Å². The van der Waals surface area contributed by atoms with Gasteiger partial charge in [0.15, 0.2) is 0 Å². The fourth-order valence-electron chi connectivity index (χ4n) is 3.53. The third kappa shape index (κ3) is 3.45. The molecule has 1 fully saturated rings. The molecule has 2 aliphatic rings. The van der Waals surface area contributed by atoms with Crippen molar-refractivity contribution in [3.63, 3.8) is 0 Å². The first-order valence-corrected chi connectivity index (χ1v) is 8.17. The summed E-state index contributed by atoms with van der Waals surface area (Å²) in [5, 5.41) is 0. The van der Waals surface area contributed by atoms with Gasteiger partial charge in [0.05, 0.1) is 26.9 Å².